The number of aliphatic hydroxyl groups is 3. The molecule has 0 aliphatic heterocycles. The topological polar surface area (TPSA) is 132 Å². The summed E-state index contributed by atoms with van der Waals surface area (Å²) in [6.45, 7) is 11.7. The van der Waals surface area contributed by atoms with Crippen molar-refractivity contribution in [1.82, 2.24) is 0 Å². The third kappa shape index (κ3) is 4.59. The van der Waals surface area contributed by atoms with Gasteiger partial charge in [0.2, 0.25) is 0 Å². The summed E-state index contributed by atoms with van der Waals surface area (Å²) in [5.74, 6) is -1.80. The molecule has 1 aromatic carbocycles. The van der Waals surface area contributed by atoms with E-state index in [1.165, 1.54) is 13.0 Å². The summed E-state index contributed by atoms with van der Waals surface area (Å²) in [6, 6.07) is 9.90. The van der Waals surface area contributed by atoms with E-state index in [1.54, 1.807) is 0 Å². The van der Waals surface area contributed by atoms with Gasteiger partial charge < -0.3 is 20.4 Å². The highest BCUT2D eigenvalue weighted by molar-refractivity contribution is 6.01. The van der Waals surface area contributed by atoms with E-state index in [-0.39, 0.29) is 35.4 Å². The molecule has 0 spiro atoms. The maximum Gasteiger partial charge on any atom is 0.331 e. The minimum Gasteiger partial charge on any atom is -0.478 e. The highest BCUT2D eigenvalue weighted by Crippen LogP contribution is 2.80. The van der Waals surface area contributed by atoms with Gasteiger partial charge in [0.05, 0.1) is 18.3 Å². The second kappa shape index (κ2) is 11.3. The summed E-state index contributed by atoms with van der Waals surface area (Å²) in [5, 5.41) is 45.5. The van der Waals surface area contributed by atoms with Crippen LogP contribution in [0.15, 0.2) is 59.2 Å². The first-order valence-corrected chi connectivity index (χ1v) is 17.5. The highest BCUT2D eigenvalue weighted by atomic mass is 16.4. The quantitative estimate of drug-likeness (QED) is 0.256. The Bertz CT molecular complexity index is 1570. The lowest BCUT2D eigenvalue weighted by atomic mass is 9.36. The smallest absolute Gasteiger partial charge is 0.331 e. The van der Waals surface area contributed by atoms with Crippen molar-refractivity contribution in [3.63, 3.8) is 0 Å². The molecule has 0 unspecified atom stereocenters. The number of carboxylic acids is 1. The Morgan fingerprint density at radius 1 is 1.04 bits per heavy atom. The molecule has 2 bridgehead atoms. The molecule has 0 amide bonds. The van der Waals surface area contributed by atoms with E-state index in [0.717, 1.165) is 18.4 Å². The van der Waals surface area contributed by atoms with E-state index >= 15 is 0 Å². The number of benzene rings is 1. The van der Waals surface area contributed by atoms with Gasteiger partial charge >= 0.3 is 5.97 Å². The molecule has 6 rings (SSSR count). The lowest BCUT2D eigenvalue weighted by Gasteiger charge is -2.66. The van der Waals surface area contributed by atoms with Gasteiger partial charge in [-0.15, -0.1) is 0 Å². The SMILES string of the molecule is CC(=C[C@@H](O)C[C@@H](C)[C@]12CCC[C@]3(C4=C(C(=O)C[C@]13C)[C@@]1(C)CCC(=O)C(C)(C)[C@@H]1[C@@H](C=Cc1ccccc1)[C@H]4O)[C@@H](O)C2)C(=O)O. The molecular weight excluding hydrogens is 592 g/mol. The number of ketones is 2. The van der Waals surface area contributed by atoms with Crippen LogP contribution in [0.4, 0.5) is 0 Å². The number of allylic oxidation sites excluding steroid dienone is 1. The van der Waals surface area contributed by atoms with Crippen LogP contribution in [0.25, 0.3) is 6.08 Å². The highest BCUT2D eigenvalue weighted by Gasteiger charge is 2.77. The van der Waals surface area contributed by atoms with Crippen molar-refractivity contribution in [2.75, 3.05) is 0 Å². The number of aliphatic carboxylic acids is 1. The Balaban J connectivity index is 1.52. The van der Waals surface area contributed by atoms with E-state index in [4.69, 9.17) is 0 Å². The van der Waals surface area contributed by atoms with Crippen molar-refractivity contribution in [3.8, 4) is 0 Å². The first-order chi connectivity index (χ1) is 22.0. The van der Waals surface area contributed by atoms with Gasteiger partial charge in [-0.3, -0.25) is 9.59 Å². The summed E-state index contributed by atoms with van der Waals surface area (Å²) in [5.41, 5.74) is -1.03. The molecular formula is C40H52O7. The van der Waals surface area contributed by atoms with E-state index in [9.17, 15) is 34.8 Å². The lowest BCUT2D eigenvalue weighted by Crippen LogP contribution is -2.65. The predicted octanol–water partition coefficient (Wildman–Crippen LogP) is 6.32. The molecule has 5 aliphatic carbocycles. The van der Waals surface area contributed by atoms with Crippen molar-refractivity contribution in [2.24, 2.45) is 44.8 Å². The molecule has 0 aromatic heterocycles. The molecule has 7 nitrogen and oxygen atoms in total. The van der Waals surface area contributed by atoms with Crippen LogP contribution in [0, 0.1) is 44.8 Å². The Hall–Kier alpha value is -2.87. The van der Waals surface area contributed by atoms with Crippen molar-refractivity contribution in [1.29, 1.82) is 0 Å². The lowest BCUT2D eigenvalue weighted by molar-refractivity contribution is -0.160. The number of carboxylic acid groups (broad SMARTS) is 1. The summed E-state index contributed by atoms with van der Waals surface area (Å²) in [4.78, 5) is 39.8. The van der Waals surface area contributed by atoms with Crippen LogP contribution < -0.4 is 0 Å². The van der Waals surface area contributed by atoms with E-state index in [1.807, 2.05) is 56.3 Å². The summed E-state index contributed by atoms with van der Waals surface area (Å²) < 4.78 is 0. The number of carbonyl (C=O) groups is 3. The summed E-state index contributed by atoms with van der Waals surface area (Å²) >= 11 is 0. The standard InChI is InChI=1S/C40H52O7/c1-23(35(46)47)19-26(41)20-24(2)39-16-10-17-40(30(44)22-39)32-31(28(42)21-38(39,40)6)37(5)18-15-29(43)36(3,4)34(37)27(33(32)45)14-13-25-11-8-7-9-12-25/h7-9,11-14,19,24,26-27,30,33-34,41,44-45H,10,15-18,20-22H2,1-6H3,(H,46,47)/t24-,26-,27+,30+,33-,34+,37-,38-,39-,40-/m1/s1. The van der Waals surface area contributed by atoms with Crippen LogP contribution in [0.3, 0.4) is 0 Å². The second-order valence-electron chi connectivity index (χ2n) is 16.6. The maximum atomic E-state index is 14.8. The molecule has 254 valence electrons. The van der Waals surface area contributed by atoms with Crippen LogP contribution in [0.5, 0.6) is 0 Å². The van der Waals surface area contributed by atoms with Crippen LogP contribution in [0.1, 0.15) is 98.5 Å². The minimum atomic E-state index is -1.08. The molecule has 3 saturated carbocycles. The average molecular weight is 645 g/mol. The number of hydrogen-bond acceptors (Lipinski definition) is 6. The molecule has 47 heavy (non-hydrogen) atoms. The molecule has 3 fully saturated rings. The Kier molecular flexibility index (Phi) is 8.21. The van der Waals surface area contributed by atoms with Gasteiger partial charge in [-0.2, -0.15) is 0 Å². The number of hydrogen-bond donors (Lipinski definition) is 4. The fraction of sp³-hybridized carbons (Fsp3) is 0.625. The molecule has 0 radical (unpaired) electrons. The molecule has 10 atom stereocenters. The van der Waals surface area contributed by atoms with Gasteiger partial charge in [-0.1, -0.05) is 83.5 Å². The fourth-order valence-corrected chi connectivity index (χ4v) is 12.2. The van der Waals surface area contributed by atoms with Crippen LogP contribution in [-0.4, -0.2) is 56.3 Å². The van der Waals surface area contributed by atoms with Crippen LogP contribution >= 0.6 is 0 Å². The van der Waals surface area contributed by atoms with Gasteiger partial charge in [0.25, 0.3) is 0 Å². The van der Waals surface area contributed by atoms with Crippen molar-refractivity contribution in [3.05, 3.63) is 64.8 Å². The van der Waals surface area contributed by atoms with Gasteiger partial charge in [-0.05, 0) is 78.9 Å². The predicted molar refractivity (Wildman–Crippen MR) is 180 cm³/mol. The van der Waals surface area contributed by atoms with Gasteiger partial charge in [-0.25, -0.2) is 4.79 Å². The molecule has 0 heterocycles. The number of rotatable bonds is 7. The Labute approximate surface area is 278 Å². The van der Waals surface area contributed by atoms with Gasteiger partial charge in [0, 0.05) is 46.2 Å². The van der Waals surface area contributed by atoms with Crippen LogP contribution in [0.2, 0.25) is 0 Å². The van der Waals surface area contributed by atoms with E-state index < -0.39 is 57.3 Å². The molecule has 1 aromatic rings. The molecule has 7 heteroatoms. The van der Waals surface area contributed by atoms with Crippen molar-refractivity contribution in [2.45, 2.75) is 111 Å². The normalized spacial score (nSPS) is 40.9. The zero-order valence-corrected chi connectivity index (χ0v) is 28.8. The first-order valence-electron chi connectivity index (χ1n) is 17.5. The van der Waals surface area contributed by atoms with Crippen molar-refractivity contribution >= 4 is 23.6 Å². The summed E-state index contributed by atoms with van der Waals surface area (Å²) in [6.07, 6.45) is 6.76. The van der Waals surface area contributed by atoms with Crippen LogP contribution in [-0.2, 0) is 14.4 Å². The molecule has 5 aliphatic rings. The number of carbonyl (C=O) groups excluding carboxylic acids is 2. The maximum absolute atomic E-state index is 14.8. The van der Waals surface area contributed by atoms with Gasteiger partial charge in [0.15, 0.2) is 5.78 Å². The Morgan fingerprint density at radius 2 is 1.72 bits per heavy atom. The van der Waals surface area contributed by atoms with Crippen molar-refractivity contribution < 1.29 is 34.8 Å². The second-order valence-corrected chi connectivity index (χ2v) is 16.6. The zero-order chi connectivity index (χ0) is 34.3. The minimum absolute atomic E-state index is 0.00931. The average Bonchev–Trinajstić information content (AvgIpc) is 3.08. The third-order valence-electron chi connectivity index (χ3n) is 14.2. The Morgan fingerprint density at radius 3 is 2.38 bits per heavy atom. The van der Waals surface area contributed by atoms with Gasteiger partial charge in [0.1, 0.15) is 5.78 Å². The fourth-order valence-electron chi connectivity index (χ4n) is 12.2. The largest absolute Gasteiger partial charge is 0.478 e. The third-order valence-corrected chi connectivity index (χ3v) is 14.2. The molecule has 0 saturated heterocycles. The zero-order valence-electron chi connectivity index (χ0n) is 28.8. The van der Waals surface area contributed by atoms with E-state index in [2.05, 4.69) is 20.8 Å². The first kappa shape index (κ1) is 34.0. The molecule has 4 N–H and O–H groups in total. The number of Topliss-reactive ketones (excluding diaryl/α,β-unsaturated/α-hetero) is 2. The monoisotopic (exact) mass is 644 g/mol. The number of fused-ring (bicyclic) bond motifs is 2. The summed E-state index contributed by atoms with van der Waals surface area (Å²) in [7, 11) is 0. The number of aliphatic hydroxyl groups excluding tert-OH is 3. The van der Waals surface area contributed by atoms with E-state index in [0.29, 0.717) is 43.3 Å².